The van der Waals surface area contributed by atoms with Gasteiger partial charge in [0.25, 0.3) is 5.91 Å². The zero-order chi connectivity index (χ0) is 20.0. The second-order valence-corrected chi connectivity index (χ2v) is 9.05. The number of thiazole rings is 1. The first-order chi connectivity index (χ1) is 13.3. The molecule has 8 heteroatoms. The van der Waals surface area contributed by atoms with Crippen LogP contribution >= 0.6 is 22.7 Å². The molecule has 0 saturated heterocycles. The molecule has 0 radical (unpaired) electrons. The van der Waals surface area contributed by atoms with E-state index in [9.17, 15) is 4.79 Å². The molecule has 0 unspecified atom stereocenters. The van der Waals surface area contributed by atoms with Gasteiger partial charge in [0.15, 0.2) is 6.61 Å². The van der Waals surface area contributed by atoms with Gasteiger partial charge in [-0.25, -0.2) is 4.98 Å². The van der Waals surface area contributed by atoms with Crippen LogP contribution in [0.15, 0.2) is 17.5 Å². The fraction of sp³-hybridized carbons (Fsp3) is 0.350. The third-order valence-corrected chi connectivity index (χ3v) is 6.74. The molecule has 0 aliphatic rings. The van der Waals surface area contributed by atoms with Crippen LogP contribution in [0.2, 0.25) is 0 Å². The van der Waals surface area contributed by atoms with Crippen LogP contribution in [0, 0.1) is 20.8 Å². The fourth-order valence-electron chi connectivity index (χ4n) is 3.62. The predicted octanol–water partition coefficient (Wildman–Crippen LogP) is 4.43. The molecule has 0 bridgehead atoms. The molecule has 0 fully saturated rings. The number of fused-ring (bicyclic) bond motifs is 3. The molecule has 1 atom stereocenters. The Morgan fingerprint density at radius 3 is 2.86 bits per heavy atom. The lowest BCUT2D eigenvalue weighted by molar-refractivity contribution is -0.123. The first kappa shape index (κ1) is 18.9. The van der Waals surface area contributed by atoms with Crippen molar-refractivity contribution in [2.45, 2.75) is 33.7 Å². The number of ether oxygens (including phenoxy) is 1. The molecule has 1 amide bonds. The van der Waals surface area contributed by atoms with E-state index in [4.69, 9.17) is 4.74 Å². The maximum Gasteiger partial charge on any atom is 0.258 e. The molecule has 146 valence electrons. The number of nitrogens with one attached hydrogen (secondary N) is 1. The molecular weight excluding hydrogens is 392 g/mol. The van der Waals surface area contributed by atoms with E-state index in [1.165, 1.54) is 0 Å². The Labute approximate surface area is 171 Å². The minimum Gasteiger partial charge on any atom is -0.483 e. The fourth-order valence-corrected chi connectivity index (χ4v) is 5.45. The predicted molar refractivity (Wildman–Crippen MR) is 114 cm³/mol. The molecule has 0 aliphatic heterocycles. The molecule has 4 rings (SSSR count). The second kappa shape index (κ2) is 7.18. The molecule has 1 N–H and O–H groups in total. The quantitative estimate of drug-likeness (QED) is 0.525. The van der Waals surface area contributed by atoms with Gasteiger partial charge in [-0.2, -0.15) is 5.10 Å². The summed E-state index contributed by atoms with van der Waals surface area (Å²) in [7, 11) is 1.91. The average Bonchev–Trinajstić information content (AvgIpc) is 3.30. The SMILES string of the molecule is Cc1nc2c(cc(OCC(=O)N[C@@H](C)c3c(C)nn(C)c3C)c3ccsc32)s1. The van der Waals surface area contributed by atoms with E-state index < -0.39 is 0 Å². The summed E-state index contributed by atoms with van der Waals surface area (Å²) in [6.07, 6.45) is 0. The highest BCUT2D eigenvalue weighted by Crippen LogP contribution is 2.38. The Hall–Kier alpha value is -2.45. The molecule has 28 heavy (non-hydrogen) atoms. The number of aryl methyl sites for hydroxylation is 3. The second-order valence-electron chi connectivity index (χ2n) is 6.90. The van der Waals surface area contributed by atoms with Crippen LogP contribution in [-0.2, 0) is 11.8 Å². The van der Waals surface area contributed by atoms with Crippen LogP contribution in [0.25, 0.3) is 20.3 Å². The van der Waals surface area contributed by atoms with Gasteiger partial charge >= 0.3 is 0 Å². The Balaban J connectivity index is 1.51. The third kappa shape index (κ3) is 3.27. The van der Waals surface area contributed by atoms with E-state index in [1.807, 2.05) is 56.9 Å². The number of hydrogen-bond donors (Lipinski definition) is 1. The van der Waals surface area contributed by atoms with Crippen molar-refractivity contribution in [3.63, 3.8) is 0 Å². The zero-order valence-corrected chi connectivity index (χ0v) is 18.1. The lowest BCUT2D eigenvalue weighted by Crippen LogP contribution is -2.31. The van der Waals surface area contributed by atoms with Gasteiger partial charge in [-0.3, -0.25) is 9.48 Å². The van der Waals surface area contributed by atoms with Crippen molar-refractivity contribution in [2.24, 2.45) is 7.05 Å². The number of amides is 1. The number of rotatable bonds is 5. The monoisotopic (exact) mass is 414 g/mol. The molecule has 6 nitrogen and oxygen atoms in total. The van der Waals surface area contributed by atoms with Crippen molar-refractivity contribution < 1.29 is 9.53 Å². The van der Waals surface area contributed by atoms with Crippen molar-refractivity contribution in [3.8, 4) is 5.75 Å². The van der Waals surface area contributed by atoms with Gasteiger partial charge in [-0.1, -0.05) is 0 Å². The molecule has 0 spiro atoms. The molecule has 4 aromatic rings. The van der Waals surface area contributed by atoms with Crippen LogP contribution in [0.4, 0.5) is 0 Å². The van der Waals surface area contributed by atoms with Gasteiger partial charge in [0.1, 0.15) is 5.75 Å². The number of benzene rings is 1. The van der Waals surface area contributed by atoms with Gasteiger partial charge < -0.3 is 10.1 Å². The van der Waals surface area contributed by atoms with Gasteiger partial charge in [0.2, 0.25) is 0 Å². The molecule has 0 aliphatic carbocycles. The van der Waals surface area contributed by atoms with Crippen molar-refractivity contribution in [2.75, 3.05) is 6.61 Å². The summed E-state index contributed by atoms with van der Waals surface area (Å²) in [5.74, 6) is 0.572. The average molecular weight is 415 g/mol. The highest BCUT2D eigenvalue weighted by atomic mass is 32.1. The number of carbonyl (C=O) groups is 1. The van der Waals surface area contributed by atoms with Crippen molar-refractivity contribution >= 4 is 48.9 Å². The minimum atomic E-state index is -0.154. The normalized spacial score (nSPS) is 12.6. The minimum absolute atomic E-state index is 0.0308. The summed E-state index contributed by atoms with van der Waals surface area (Å²) in [6.45, 7) is 7.91. The van der Waals surface area contributed by atoms with E-state index >= 15 is 0 Å². The highest BCUT2D eigenvalue weighted by Gasteiger charge is 2.19. The number of aromatic nitrogens is 3. The Morgan fingerprint density at radius 1 is 1.36 bits per heavy atom. The van der Waals surface area contributed by atoms with E-state index in [-0.39, 0.29) is 18.6 Å². The smallest absolute Gasteiger partial charge is 0.258 e. The summed E-state index contributed by atoms with van der Waals surface area (Å²) >= 11 is 3.28. The number of thiophene rings is 1. The number of hydrogen-bond acceptors (Lipinski definition) is 6. The van der Waals surface area contributed by atoms with Crippen LogP contribution in [0.3, 0.4) is 0 Å². The van der Waals surface area contributed by atoms with Gasteiger partial charge in [0, 0.05) is 29.8 Å². The molecule has 1 aromatic carbocycles. The van der Waals surface area contributed by atoms with E-state index in [0.29, 0.717) is 0 Å². The first-order valence-corrected chi connectivity index (χ1v) is 10.7. The zero-order valence-electron chi connectivity index (χ0n) is 16.5. The Kier molecular flexibility index (Phi) is 4.84. The van der Waals surface area contributed by atoms with Crippen molar-refractivity contribution in [3.05, 3.63) is 39.5 Å². The van der Waals surface area contributed by atoms with E-state index in [1.54, 1.807) is 22.7 Å². The summed E-state index contributed by atoms with van der Waals surface area (Å²) in [6, 6.07) is 3.88. The van der Waals surface area contributed by atoms with Crippen LogP contribution < -0.4 is 10.1 Å². The van der Waals surface area contributed by atoms with Gasteiger partial charge in [0.05, 0.1) is 31.7 Å². The van der Waals surface area contributed by atoms with E-state index in [2.05, 4.69) is 15.4 Å². The summed E-state index contributed by atoms with van der Waals surface area (Å²) < 4.78 is 9.93. The molecule has 3 aromatic heterocycles. The Morgan fingerprint density at radius 2 is 2.14 bits per heavy atom. The maximum absolute atomic E-state index is 12.5. The first-order valence-electron chi connectivity index (χ1n) is 9.04. The summed E-state index contributed by atoms with van der Waals surface area (Å²) in [4.78, 5) is 17.1. The Bertz CT molecular complexity index is 1190. The maximum atomic E-state index is 12.5. The van der Waals surface area contributed by atoms with Gasteiger partial charge in [-0.15, -0.1) is 22.7 Å². The van der Waals surface area contributed by atoms with Crippen LogP contribution in [0.5, 0.6) is 5.75 Å². The molecule has 3 heterocycles. The summed E-state index contributed by atoms with van der Waals surface area (Å²) in [5, 5.41) is 11.5. The van der Waals surface area contributed by atoms with Gasteiger partial charge in [-0.05, 0) is 39.1 Å². The standard InChI is InChI=1S/C20H22N4O2S2/c1-10(18-11(2)23-24(5)12(18)3)21-17(25)9-26-15-8-16-19(22-13(4)28-16)20-14(15)6-7-27-20/h6-8,10H,9H2,1-5H3,(H,21,25)/t10-/m0/s1. The van der Waals surface area contributed by atoms with E-state index in [0.717, 1.165) is 48.0 Å². The van der Waals surface area contributed by atoms with Crippen LogP contribution in [0.1, 0.15) is 34.9 Å². The largest absolute Gasteiger partial charge is 0.483 e. The molecule has 0 saturated carbocycles. The number of carbonyl (C=O) groups excluding carboxylic acids is 1. The molecular formula is C20H22N4O2S2. The van der Waals surface area contributed by atoms with Crippen molar-refractivity contribution in [1.29, 1.82) is 0 Å². The lowest BCUT2D eigenvalue weighted by Gasteiger charge is -2.15. The topological polar surface area (TPSA) is 69.0 Å². The summed E-state index contributed by atoms with van der Waals surface area (Å²) in [5.41, 5.74) is 4.05. The number of nitrogens with zero attached hydrogens (tertiary/aromatic N) is 3. The van der Waals surface area contributed by atoms with Crippen molar-refractivity contribution in [1.82, 2.24) is 20.1 Å². The van der Waals surface area contributed by atoms with Crippen LogP contribution in [-0.4, -0.2) is 27.3 Å². The third-order valence-electron chi connectivity index (χ3n) is 4.90. The lowest BCUT2D eigenvalue weighted by atomic mass is 10.1. The highest BCUT2D eigenvalue weighted by molar-refractivity contribution is 7.21.